The zero-order valence-electron chi connectivity index (χ0n) is 10.5. The van der Waals surface area contributed by atoms with Crippen molar-refractivity contribution in [2.75, 3.05) is 0 Å². The topological polar surface area (TPSA) is 59.1 Å². The van der Waals surface area contributed by atoms with E-state index in [2.05, 4.69) is 25.6 Å². The molecule has 106 valence electrons. The molecule has 0 aliphatic rings. The number of benzene rings is 1. The molecule has 0 aliphatic heterocycles. The van der Waals surface area contributed by atoms with Gasteiger partial charge in [-0.2, -0.15) is 0 Å². The lowest BCUT2D eigenvalue weighted by Gasteiger charge is -2.15. The summed E-state index contributed by atoms with van der Waals surface area (Å²) in [6.07, 6.45) is 2.83. The fourth-order valence-corrected chi connectivity index (χ4v) is 3.62. The van der Waals surface area contributed by atoms with E-state index in [-0.39, 0.29) is 4.90 Å². The van der Waals surface area contributed by atoms with Crippen molar-refractivity contribution in [1.29, 1.82) is 0 Å². The van der Waals surface area contributed by atoms with Gasteiger partial charge in [-0.1, -0.05) is 23.7 Å². The van der Waals surface area contributed by atoms with Crippen molar-refractivity contribution in [2.24, 2.45) is 0 Å². The normalized spacial score (nSPS) is 13.2. The monoisotopic (exact) mass is 374 g/mol. The van der Waals surface area contributed by atoms with Gasteiger partial charge >= 0.3 is 0 Å². The van der Waals surface area contributed by atoms with E-state index in [1.807, 2.05) is 6.07 Å². The Morgan fingerprint density at radius 2 is 2.05 bits per heavy atom. The lowest BCUT2D eigenvalue weighted by molar-refractivity contribution is 0.566. The van der Waals surface area contributed by atoms with Crippen LogP contribution in [0.25, 0.3) is 0 Å². The van der Waals surface area contributed by atoms with Crippen LogP contribution in [0.4, 0.5) is 0 Å². The van der Waals surface area contributed by atoms with Crippen LogP contribution in [0, 0.1) is 0 Å². The number of hydrogen-bond donors (Lipinski definition) is 1. The summed E-state index contributed by atoms with van der Waals surface area (Å²) < 4.78 is 27.7. The summed E-state index contributed by atoms with van der Waals surface area (Å²) in [6.45, 7) is 1.76. The van der Waals surface area contributed by atoms with Crippen LogP contribution in [0.2, 0.25) is 5.02 Å². The van der Waals surface area contributed by atoms with Gasteiger partial charge in [-0.15, -0.1) is 0 Å². The van der Waals surface area contributed by atoms with Gasteiger partial charge in [-0.25, -0.2) is 13.1 Å². The molecule has 1 unspecified atom stereocenters. The van der Waals surface area contributed by atoms with E-state index in [1.54, 1.807) is 25.1 Å². The Labute approximate surface area is 131 Å². The number of aromatic nitrogens is 1. The van der Waals surface area contributed by atoms with Crippen molar-refractivity contribution in [1.82, 2.24) is 9.71 Å². The number of nitrogens with zero attached hydrogens (tertiary/aromatic N) is 1. The Balaban J connectivity index is 2.24. The average Bonchev–Trinajstić information content (AvgIpc) is 2.38. The first kappa shape index (κ1) is 15.4. The Bertz CT molecular complexity index is 722. The maximum Gasteiger partial charge on any atom is 0.242 e. The molecular formula is C13H12BrClN2O2S. The maximum absolute atomic E-state index is 12.2. The second-order valence-electron chi connectivity index (χ2n) is 4.24. The van der Waals surface area contributed by atoms with Crippen LogP contribution in [-0.4, -0.2) is 13.4 Å². The zero-order valence-corrected chi connectivity index (χ0v) is 13.7. The largest absolute Gasteiger partial charge is 0.262 e. The third kappa shape index (κ3) is 3.79. The molecule has 2 rings (SSSR count). The Hall–Kier alpha value is -0.950. The first-order valence-electron chi connectivity index (χ1n) is 5.77. The second kappa shape index (κ2) is 6.22. The minimum Gasteiger partial charge on any atom is -0.262 e. The van der Waals surface area contributed by atoms with E-state index in [1.165, 1.54) is 18.5 Å². The van der Waals surface area contributed by atoms with Crippen molar-refractivity contribution >= 4 is 37.6 Å². The van der Waals surface area contributed by atoms with E-state index >= 15 is 0 Å². The van der Waals surface area contributed by atoms with Gasteiger partial charge in [0.1, 0.15) is 4.90 Å². The molecule has 0 bridgehead atoms. The molecule has 0 saturated heterocycles. The third-order valence-corrected chi connectivity index (χ3v) is 4.85. The van der Waals surface area contributed by atoms with Gasteiger partial charge < -0.3 is 0 Å². The predicted molar refractivity (Wildman–Crippen MR) is 82.1 cm³/mol. The highest BCUT2D eigenvalue weighted by molar-refractivity contribution is 9.10. The summed E-state index contributed by atoms with van der Waals surface area (Å²) in [5.41, 5.74) is 0.795. The number of rotatable bonds is 4. The molecule has 1 aromatic carbocycles. The Morgan fingerprint density at radius 1 is 1.30 bits per heavy atom. The number of sulfonamides is 1. The summed E-state index contributed by atoms with van der Waals surface area (Å²) in [5, 5.41) is 0.567. The highest BCUT2D eigenvalue weighted by Gasteiger charge is 2.19. The number of nitrogens with one attached hydrogen (secondary N) is 1. The van der Waals surface area contributed by atoms with Gasteiger partial charge in [0.15, 0.2) is 0 Å². The molecule has 0 fully saturated rings. The van der Waals surface area contributed by atoms with Crippen LogP contribution in [0.5, 0.6) is 0 Å². The van der Waals surface area contributed by atoms with Crippen LogP contribution in [0.15, 0.2) is 52.1 Å². The van der Waals surface area contributed by atoms with Crippen molar-refractivity contribution in [2.45, 2.75) is 17.9 Å². The van der Waals surface area contributed by atoms with Crippen LogP contribution in [0.1, 0.15) is 18.5 Å². The van der Waals surface area contributed by atoms with E-state index in [9.17, 15) is 8.42 Å². The summed E-state index contributed by atoms with van der Waals surface area (Å²) in [7, 11) is -3.63. The van der Waals surface area contributed by atoms with E-state index in [4.69, 9.17) is 11.6 Å². The molecule has 1 atom stereocenters. The van der Waals surface area contributed by atoms with Crippen molar-refractivity contribution in [3.63, 3.8) is 0 Å². The number of hydrogen-bond acceptors (Lipinski definition) is 3. The standard InChI is InChI=1S/C13H12BrClN2O2S/c1-9(10-3-2-4-12(15)5-10)17-20(18,19)13-6-11(14)7-16-8-13/h2-9,17H,1H3. The van der Waals surface area contributed by atoms with Crippen molar-refractivity contribution < 1.29 is 8.42 Å². The van der Waals surface area contributed by atoms with Gasteiger partial charge in [0.05, 0.1) is 0 Å². The minimum absolute atomic E-state index is 0.112. The fraction of sp³-hybridized carbons (Fsp3) is 0.154. The quantitative estimate of drug-likeness (QED) is 0.889. The maximum atomic E-state index is 12.2. The van der Waals surface area contributed by atoms with E-state index < -0.39 is 16.1 Å². The molecule has 0 amide bonds. The Kier molecular flexibility index (Phi) is 4.80. The van der Waals surface area contributed by atoms with Crippen LogP contribution in [0.3, 0.4) is 0 Å². The highest BCUT2D eigenvalue weighted by atomic mass is 79.9. The smallest absolute Gasteiger partial charge is 0.242 e. The van der Waals surface area contributed by atoms with Crippen LogP contribution >= 0.6 is 27.5 Å². The number of pyridine rings is 1. The second-order valence-corrected chi connectivity index (χ2v) is 7.30. The molecule has 0 radical (unpaired) electrons. The van der Waals surface area contributed by atoms with Gasteiger partial charge in [-0.3, -0.25) is 4.98 Å². The summed E-state index contributed by atoms with van der Waals surface area (Å²) in [6, 6.07) is 8.18. The van der Waals surface area contributed by atoms with Crippen molar-refractivity contribution in [3.05, 3.63) is 57.8 Å². The van der Waals surface area contributed by atoms with Gasteiger partial charge in [0.2, 0.25) is 10.0 Å². The van der Waals surface area contributed by atoms with E-state index in [0.29, 0.717) is 9.50 Å². The van der Waals surface area contributed by atoms with Gasteiger partial charge in [0.25, 0.3) is 0 Å². The predicted octanol–water partition coefficient (Wildman–Crippen LogP) is 3.54. The van der Waals surface area contributed by atoms with Gasteiger partial charge in [-0.05, 0) is 46.6 Å². The van der Waals surface area contributed by atoms with Crippen molar-refractivity contribution in [3.8, 4) is 0 Å². The summed E-state index contributed by atoms with van der Waals surface area (Å²) in [4.78, 5) is 3.97. The molecule has 20 heavy (non-hydrogen) atoms. The molecule has 0 spiro atoms. The Morgan fingerprint density at radius 3 is 2.70 bits per heavy atom. The summed E-state index contributed by atoms with van der Waals surface area (Å²) >= 11 is 9.11. The third-order valence-electron chi connectivity index (χ3n) is 2.67. The molecule has 0 saturated carbocycles. The first-order valence-corrected chi connectivity index (χ1v) is 8.42. The summed E-state index contributed by atoms with van der Waals surface area (Å²) in [5.74, 6) is 0. The molecule has 7 heteroatoms. The fourth-order valence-electron chi connectivity index (χ4n) is 1.68. The molecule has 4 nitrogen and oxygen atoms in total. The molecule has 0 aliphatic carbocycles. The lowest BCUT2D eigenvalue weighted by Crippen LogP contribution is -2.27. The van der Waals surface area contributed by atoms with Crippen LogP contribution in [-0.2, 0) is 10.0 Å². The minimum atomic E-state index is -3.63. The molecule has 1 aromatic heterocycles. The SMILES string of the molecule is CC(NS(=O)(=O)c1cncc(Br)c1)c1cccc(Cl)c1. The van der Waals surface area contributed by atoms with Crippen LogP contribution < -0.4 is 4.72 Å². The van der Waals surface area contributed by atoms with Gasteiger partial charge in [0, 0.05) is 27.9 Å². The first-order chi connectivity index (χ1) is 9.38. The molecule has 2 aromatic rings. The zero-order chi connectivity index (χ0) is 14.8. The average molecular weight is 376 g/mol. The molecule has 1 heterocycles. The number of halogens is 2. The van der Waals surface area contributed by atoms with E-state index in [0.717, 1.165) is 5.56 Å². The molecular weight excluding hydrogens is 364 g/mol. The molecule has 1 N–H and O–H groups in total. The highest BCUT2D eigenvalue weighted by Crippen LogP contribution is 2.20. The lowest BCUT2D eigenvalue weighted by atomic mass is 10.1.